The molecule has 3 rings (SSSR count). The Balaban J connectivity index is 1.81. The highest BCUT2D eigenvalue weighted by Crippen LogP contribution is 2.31. The van der Waals surface area contributed by atoms with E-state index in [1.54, 1.807) is 0 Å². The molecule has 1 nitrogen and oxygen atoms in total. The van der Waals surface area contributed by atoms with E-state index in [1.165, 1.54) is 42.4 Å². The van der Waals surface area contributed by atoms with E-state index in [0.717, 1.165) is 4.47 Å². The quantitative estimate of drug-likeness (QED) is 0.718. The molecular formula is C19H22BrN. The number of nitrogens with one attached hydrogen (secondary N) is 1. The van der Waals surface area contributed by atoms with Crippen molar-refractivity contribution < 1.29 is 0 Å². The smallest absolute Gasteiger partial charge is 0.0328 e. The van der Waals surface area contributed by atoms with Gasteiger partial charge in [-0.15, -0.1) is 0 Å². The van der Waals surface area contributed by atoms with Crippen molar-refractivity contribution in [2.75, 3.05) is 0 Å². The van der Waals surface area contributed by atoms with Gasteiger partial charge in [-0.1, -0.05) is 58.7 Å². The third-order valence-electron chi connectivity index (χ3n) is 4.42. The first kappa shape index (κ1) is 14.8. The molecule has 2 aromatic rings. The summed E-state index contributed by atoms with van der Waals surface area (Å²) in [6.07, 6.45) is 5.06. The number of hydrogen-bond acceptors (Lipinski definition) is 1. The molecule has 110 valence electrons. The molecule has 2 heteroatoms. The third kappa shape index (κ3) is 3.56. The maximum atomic E-state index is 3.84. The molecule has 0 heterocycles. The largest absolute Gasteiger partial charge is 0.303 e. The van der Waals surface area contributed by atoms with Crippen molar-refractivity contribution >= 4 is 15.9 Å². The van der Waals surface area contributed by atoms with Crippen molar-refractivity contribution in [1.82, 2.24) is 5.32 Å². The van der Waals surface area contributed by atoms with Crippen LogP contribution in [-0.2, 0) is 6.42 Å². The van der Waals surface area contributed by atoms with Crippen molar-refractivity contribution in [3.8, 4) is 0 Å². The van der Waals surface area contributed by atoms with Crippen molar-refractivity contribution in [2.24, 2.45) is 0 Å². The van der Waals surface area contributed by atoms with E-state index >= 15 is 0 Å². The first-order chi connectivity index (χ1) is 10.2. The lowest BCUT2D eigenvalue weighted by Gasteiger charge is -2.24. The maximum absolute atomic E-state index is 3.84. The minimum absolute atomic E-state index is 0.360. The van der Waals surface area contributed by atoms with Gasteiger partial charge in [0.25, 0.3) is 0 Å². The SMILES string of the molecule is CC(NC1CCCCc2ccccc21)c1cccc(Br)c1. The molecule has 2 atom stereocenters. The lowest BCUT2D eigenvalue weighted by molar-refractivity contribution is 0.437. The number of hydrogen-bond donors (Lipinski definition) is 1. The van der Waals surface area contributed by atoms with Crippen LogP contribution in [0.15, 0.2) is 53.0 Å². The van der Waals surface area contributed by atoms with Gasteiger partial charge in [0.1, 0.15) is 0 Å². The Morgan fingerprint density at radius 3 is 2.81 bits per heavy atom. The number of fused-ring (bicyclic) bond motifs is 1. The van der Waals surface area contributed by atoms with Crippen LogP contribution in [0.2, 0.25) is 0 Å². The number of halogens is 1. The van der Waals surface area contributed by atoms with Gasteiger partial charge >= 0.3 is 0 Å². The lowest BCUT2D eigenvalue weighted by Crippen LogP contribution is -2.25. The fraction of sp³-hybridized carbons (Fsp3) is 0.368. The molecule has 21 heavy (non-hydrogen) atoms. The monoisotopic (exact) mass is 343 g/mol. The summed E-state index contributed by atoms with van der Waals surface area (Å²) in [6.45, 7) is 2.26. The van der Waals surface area contributed by atoms with Gasteiger partial charge in [-0.25, -0.2) is 0 Å². The Morgan fingerprint density at radius 2 is 1.95 bits per heavy atom. The van der Waals surface area contributed by atoms with Crippen molar-refractivity contribution in [3.05, 3.63) is 69.7 Å². The fourth-order valence-electron chi connectivity index (χ4n) is 3.27. The molecule has 0 bridgehead atoms. The zero-order chi connectivity index (χ0) is 14.7. The molecule has 0 saturated heterocycles. The molecule has 0 saturated carbocycles. The number of benzene rings is 2. The minimum atomic E-state index is 0.360. The molecule has 0 aromatic heterocycles. The average Bonchev–Trinajstić information content (AvgIpc) is 2.70. The summed E-state index contributed by atoms with van der Waals surface area (Å²) in [5, 5.41) is 3.84. The Morgan fingerprint density at radius 1 is 1.10 bits per heavy atom. The van der Waals surface area contributed by atoms with E-state index in [0.29, 0.717) is 12.1 Å². The summed E-state index contributed by atoms with van der Waals surface area (Å²) in [6, 6.07) is 18.4. The van der Waals surface area contributed by atoms with Crippen molar-refractivity contribution in [2.45, 2.75) is 44.7 Å². The van der Waals surface area contributed by atoms with Gasteiger partial charge in [-0.3, -0.25) is 0 Å². The van der Waals surface area contributed by atoms with E-state index < -0.39 is 0 Å². The Labute approximate surface area is 135 Å². The van der Waals surface area contributed by atoms with Crippen LogP contribution in [-0.4, -0.2) is 0 Å². The van der Waals surface area contributed by atoms with Crippen LogP contribution in [0.5, 0.6) is 0 Å². The highest BCUT2D eigenvalue weighted by atomic mass is 79.9. The van der Waals surface area contributed by atoms with Gasteiger partial charge < -0.3 is 5.32 Å². The summed E-state index contributed by atoms with van der Waals surface area (Å²) in [5.41, 5.74) is 4.36. The molecule has 2 unspecified atom stereocenters. The van der Waals surface area contributed by atoms with Gasteiger partial charge in [0.15, 0.2) is 0 Å². The standard InChI is InChI=1S/C19H22BrN/c1-14(16-9-6-10-17(20)13-16)21-19-12-5-3-8-15-7-2-4-11-18(15)19/h2,4,6-7,9-11,13-14,19,21H,3,5,8,12H2,1H3. The molecule has 1 aliphatic rings. The van der Waals surface area contributed by atoms with E-state index in [1.807, 2.05) is 0 Å². The second-order valence-electron chi connectivity index (χ2n) is 5.94. The van der Waals surface area contributed by atoms with Crippen molar-refractivity contribution in [3.63, 3.8) is 0 Å². The maximum Gasteiger partial charge on any atom is 0.0328 e. The molecule has 0 radical (unpaired) electrons. The zero-order valence-electron chi connectivity index (χ0n) is 12.5. The first-order valence-electron chi connectivity index (χ1n) is 7.83. The second kappa shape index (κ2) is 6.76. The van der Waals surface area contributed by atoms with E-state index in [-0.39, 0.29) is 0 Å². The van der Waals surface area contributed by atoms with Crippen LogP contribution in [0.3, 0.4) is 0 Å². The molecule has 0 fully saturated rings. The lowest BCUT2D eigenvalue weighted by atomic mass is 9.97. The Bertz CT molecular complexity index is 608. The molecule has 0 amide bonds. The summed E-state index contributed by atoms with van der Waals surface area (Å²) in [7, 11) is 0. The predicted octanol–water partition coefficient (Wildman–Crippen LogP) is 5.57. The van der Waals surface area contributed by atoms with Crippen LogP contribution in [0.1, 0.15) is 55.0 Å². The average molecular weight is 344 g/mol. The van der Waals surface area contributed by atoms with E-state index in [2.05, 4.69) is 76.7 Å². The topological polar surface area (TPSA) is 12.0 Å². The van der Waals surface area contributed by atoms with Crippen LogP contribution in [0.4, 0.5) is 0 Å². The summed E-state index contributed by atoms with van der Waals surface area (Å²) in [5.74, 6) is 0. The molecule has 0 aliphatic heterocycles. The Kier molecular flexibility index (Phi) is 4.77. The summed E-state index contributed by atoms with van der Waals surface area (Å²) in [4.78, 5) is 0. The van der Waals surface area contributed by atoms with Crippen LogP contribution >= 0.6 is 15.9 Å². The van der Waals surface area contributed by atoms with E-state index in [9.17, 15) is 0 Å². The fourth-order valence-corrected chi connectivity index (χ4v) is 3.69. The first-order valence-corrected chi connectivity index (χ1v) is 8.62. The molecular weight excluding hydrogens is 322 g/mol. The van der Waals surface area contributed by atoms with Crippen molar-refractivity contribution in [1.29, 1.82) is 0 Å². The van der Waals surface area contributed by atoms with Gasteiger partial charge in [0, 0.05) is 16.6 Å². The predicted molar refractivity (Wildman–Crippen MR) is 92.4 cm³/mol. The molecule has 2 aromatic carbocycles. The van der Waals surface area contributed by atoms with Gasteiger partial charge in [0.05, 0.1) is 0 Å². The minimum Gasteiger partial charge on any atom is -0.303 e. The van der Waals surface area contributed by atoms with E-state index in [4.69, 9.17) is 0 Å². The zero-order valence-corrected chi connectivity index (χ0v) is 14.1. The number of rotatable bonds is 3. The highest BCUT2D eigenvalue weighted by molar-refractivity contribution is 9.10. The van der Waals surface area contributed by atoms with Crippen LogP contribution in [0.25, 0.3) is 0 Å². The molecule has 1 N–H and O–H groups in total. The molecule has 1 aliphatic carbocycles. The third-order valence-corrected chi connectivity index (χ3v) is 4.91. The van der Waals surface area contributed by atoms with Gasteiger partial charge in [0.2, 0.25) is 0 Å². The van der Waals surface area contributed by atoms with Crippen LogP contribution in [0, 0.1) is 0 Å². The van der Waals surface area contributed by atoms with Crippen LogP contribution < -0.4 is 5.32 Å². The van der Waals surface area contributed by atoms with Gasteiger partial charge in [-0.05, 0) is 55.0 Å². The number of aryl methyl sites for hydroxylation is 1. The van der Waals surface area contributed by atoms with Gasteiger partial charge in [-0.2, -0.15) is 0 Å². The summed E-state index contributed by atoms with van der Waals surface area (Å²) < 4.78 is 1.15. The second-order valence-corrected chi connectivity index (χ2v) is 6.86. The Hall–Kier alpha value is -1.12. The highest BCUT2D eigenvalue weighted by Gasteiger charge is 2.20. The molecule has 0 spiro atoms. The summed E-state index contributed by atoms with van der Waals surface area (Å²) >= 11 is 3.57. The normalized spacial score (nSPS) is 19.6.